The fraction of sp³-hybridized carbons (Fsp3) is 0.682. The fourth-order valence-corrected chi connectivity index (χ4v) is 5.70. The zero-order chi connectivity index (χ0) is 18.6. The van der Waals surface area contributed by atoms with Crippen molar-refractivity contribution in [2.24, 2.45) is 17.8 Å². The highest BCUT2D eigenvalue weighted by atomic mass is 28.3. The second-order valence-corrected chi connectivity index (χ2v) is 14.8. The fourth-order valence-electron chi connectivity index (χ4n) is 4.07. The zero-order valence-electron chi connectivity index (χ0n) is 16.9. The van der Waals surface area contributed by atoms with Crippen molar-refractivity contribution in [1.29, 1.82) is 0 Å². The summed E-state index contributed by atoms with van der Waals surface area (Å²) in [6, 6.07) is 10.4. The van der Waals surface area contributed by atoms with Crippen molar-refractivity contribution in [3.05, 3.63) is 35.9 Å². The van der Waals surface area contributed by atoms with Crippen LogP contribution in [0.5, 0.6) is 0 Å². The molecule has 25 heavy (non-hydrogen) atoms. The Hall–Kier alpha value is -1.09. The van der Waals surface area contributed by atoms with E-state index in [0.717, 1.165) is 12.8 Å². The lowest BCUT2D eigenvalue weighted by atomic mass is 9.75. The Morgan fingerprint density at radius 2 is 1.80 bits per heavy atom. The van der Waals surface area contributed by atoms with Gasteiger partial charge in [-0.15, -0.1) is 0 Å². The lowest BCUT2D eigenvalue weighted by molar-refractivity contribution is -0.156. The van der Waals surface area contributed by atoms with E-state index in [1.54, 1.807) is 0 Å². The molecule has 0 amide bonds. The zero-order valence-corrected chi connectivity index (χ0v) is 17.9. The first-order valence-electron chi connectivity index (χ1n) is 9.93. The molecule has 0 bridgehead atoms. The Bertz CT molecular complexity index is 547. The maximum atomic E-state index is 13.1. The van der Waals surface area contributed by atoms with E-state index in [1.165, 1.54) is 18.4 Å². The van der Waals surface area contributed by atoms with Crippen LogP contribution < -0.4 is 0 Å². The molecule has 0 N–H and O–H groups in total. The van der Waals surface area contributed by atoms with Gasteiger partial charge >= 0.3 is 5.97 Å². The van der Waals surface area contributed by atoms with E-state index in [9.17, 15) is 4.79 Å². The summed E-state index contributed by atoms with van der Waals surface area (Å²) >= 11 is 0. The third kappa shape index (κ3) is 5.70. The normalized spacial score (nSPS) is 25.6. The Morgan fingerprint density at radius 3 is 2.36 bits per heavy atom. The van der Waals surface area contributed by atoms with Crippen molar-refractivity contribution < 1.29 is 9.53 Å². The number of rotatable bonds is 6. The highest BCUT2D eigenvalue weighted by Gasteiger charge is 2.39. The monoisotopic (exact) mass is 360 g/mol. The van der Waals surface area contributed by atoms with Crippen LogP contribution in [0.2, 0.25) is 25.2 Å². The Balaban J connectivity index is 2.12. The van der Waals surface area contributed by atoms with Crippen molar-refractivity contribution in [1.82, 2.24) is 0 Å². The SMILES string of the molecule is CC(C)[C@@H]1CC[C@@H](C)C[C@H]1OC(=O)C(Cc1ccccc1)[Si](C)(C)C. The predicted molar refractivity (Wildman–Crippen MR) is 108 cm³/mol. The van der Waals surface area contributed by atoms with Crippen LogP contribution in [-0.4, -0.2) is 20.1 Å². The number of carbonyl (C=O) groups excluding carboxylic acids is 1. The largest absolute Gasteiger partial charge is 0.462 e. The number of hydrogen-bond donors (Lipinski definition) is 0. The smallest absolute Gasteiger partial charge is 0.306 e. The first-order valence-corrected chi connectivity index (χ1v) is 13.5. The Kier molecular flexibility index (Phi) is 6.90. The van der Waals surface area contributed by atoms with Gasteiger partial charge in [-0.3, -0.25) is 4.79 Å². The van der Waals surface area contributed by atoms with Crippen LogP contribution in [0.3, 0.4) is 0 Å². The number of carbonyl (C=O) groups is 1. The maximum Gasteiger partial charge on any atom is 0.306 e. The molecule has 1 fully saturated rings. The van der Waals surface area contributed by atoms with Crippen molar-refractivity contribution in [2.45, 2.75) is 77.7 Å². The third-order valence-corrected chi connectivity index (χ3v) is 8.37. The Morgan fingerprint density at radius 1 is 1.16 bits per heavy atom. The molecule has 3 heteroatoms. The summed E-state index contributed by atoms with van der Waals surface area (Å²) in [6.07, 6.45) is 4.39. The maximum absolute atomic E-state index is 13.1. The van der Waals surface area contributed by atoms with Gasteiger partial charge < -0.3 is 4.74 Å². The highest BCUT2D eigenvalue weighted by molar-refractivity contribution is 6.80. The molecule has 1 aromatic carbocycles. The number of esters is 1. The highest BCUT2D eigenvalue weighted by Crippen LogP contribution is 2.37. The first kappa shape index (κ1) is 20.2. The van der Waals surface area contributed by atoms with Gasteiger partial charge in [-0.1, -0.05) is 77.2 Å². The summed E-state index contributed by atoms with van der Waals surface area (Å²) < 4.78 is 6.19. The average Bonchev–Trinajstić information content (AvgIpc) is 2.52. The molecule has 0 heterocycles. The molecule has 0 spiro atoms. The van der Waals surface area contributed by atoms with E-state index in [4.69, 9.17) is 4.74 Å². The molecule has 2 nitrogen and oxygen atoms in total. The van der Waals surface area contributed by atoms with Gasteiger partial charge in [0.2, 0.25) is 0 Å². The molecule has 0 radical (unpaired) electrons. The van der Waals surface area contributed by atoms with Crippen molar-refractivity contribution in [2.75, 3.05) is 0 Å². The van der Waals surface area contributed by atoms with Gasteiger partial charge in [0.1, 0.15) is 6.10 Å². The molecule has 1 saturated carbocycles. The lowest BCUT2D eigenvalue weighted by Crippen LogP contribution is -2.41. The average molecular weight is 361 g/mol. The lowest BCUT2D eigenvalue weighted by Gasteiger charge is -2.38. The summed E-state index contributed by atoms with van der Waals surface area (Å²) in [6.45, 7) is 13.7. The molecule has 0 aromatic heterocycles. The summed E-state index contributed by atoms with van der Waals surface area (Å²) in [5.74, 6) is 1.80. The molecule has 1 aliphatic rings. The van der Waals surface area contributed by atoms with E-state index >= 15 is 0 Å². The van der Waals surface area contributed by atoms with Crippen LogP contribution in [-0.2, 0) is 16.0 Å². The molecular weight excluding hydrogens is 324 g/mol. The molecule has 2 rings (SSSR count). The minimum Gasteiger partial charge on any atom is -0.462 e. The predicted octanol–water partition coefficient (Wildman–Crippen LogP) is 5.94. The van der Waals surface area contributed by atoms with Gasteiger partial charge in [0.05, 0.1) is 13.6 Å². The van der Waals surface area contributed by atoms with Gasteiger partial charge in [0.25, 0.3) is 0 Å². The quantitative estimate of drug-likeness (QED) is 0.463. The third-order valence-electron chi connectivity index (χ3n) is 5.84. The minimum absolute atomic E-state index is 0.0277. The molecule has 140 valence electrons. The van der Waals surface area contributed by atoms with Crippen LogP contribution in [0.25, 0.3) is 0 Å². The van der Waals surface area contributed by atoms with Gasteiger partial charge in [-0.25, -0.2) is 0 Å². The molecule has 1 aromatic rings. The molecule has 0 aliphatic heterocycles. The summed E-state index contributed by atoms with van der Waals surface area (Å²) in [5.41, 5.74) is 1.27. The summed E-state index contributed by atoms with van der Waals surface area (Å²) in [5, 5.41) is 0. The van der Waals surface area contributed by atoms with Crippen LogP contribution in [0.15, 0.2) is 30.3 Å². The minimum atomic E-state index is -1.66. The number of ether oxygens (including phenoxy) is 1. The van der Waals surface area contributed by atoms with Gasteiger partial charge in [0.15, 0.2) is 0 Å². The summed E-state index contributed by atoms with van der Waals surface area (Å²) in [7, 11) is -1.66. The summed E-state index contributed by atoms with van der Waals surface area (Å²) in [4.78, 5) is 13.1. The second-order valence-electron chi connectivity index (χ2n) is 9.41. The van der Waals surface area contributed by atoms with Crippen LogP contribution >= 0.6 is 0 Å². The van der Waals surface area contributed by atoms with Crippen LogP contribution in [0.4, 0.5) is 0 Å². The van der Waals surface area contributed by atoms with Gasteiger partial charge in [-0.2, -0.15) is 0 Å². The van der Waals surface area contributed by atoms with Crippen LogP contribution in [0, 0.1) is 17.8 Å². The number of hydrogen-bond acceptors (Lipinski definition) is 2. The van der Waals surface area contributed by atoms with Gasteiger partial charge in [0, 0.05) is 0 Å². The van der Waals surface area contributed by atoms with Crippen molar-refractivity contribution in [3.63, 3.8) is 0 Å². The first-order chi connectivity index (χ1) is 11.7. The Labute approximate surface area is 155 Å². The standard InChI is InChI=1S/C22H36O2Si/c1-16(2)19-13-12-17(3)14-20(19)24-22(23)21(25(4,5)6)15-18-10-8-7-9-11-18/h7-11,16-17,19-21H,12-15H2,1-6H3/t17-,19+,20-,21?/m1/s1. The van der Waals surface area contributed by atoms with Crippen molar-refractivity contribution in [3.8, 4) is 0 Å². The number of benzene rings is 1. The van der Waals surface area contributed by atoms with E-state index in [-0.39, 0.29) is 17.6 Å². The molecule has 4 atom stereocenters. The van der Waals surface area contributed by atoms with E-state index in [1.807, 2.05) is 6.07 Å². The van der Waals surface area contributed by atoms with Crippen molar-refractivity contribution >= 4 is 14.0 Å². The topological polar surface area (TPSA) is 26.3 Å². The second kappa shape index (κ2) is 8.53. The van der Waals surface area contributed by atoms with E-state index in [2.05, 4.69) is 64.7 Å². The molecular formula is C22H36O2Si. The van der Waals surface area contributed by atoms with Gasteiger partial charge in [-0.05, 0) is 42.6 Å². The molecule has 0 saturated heterocycles. The molecule has 1 unspecified atom stereocenters. The van der Waals surface area contributed by atoms with E-state index in [0.29, 0.717) is 17.8 Å². The van der Waals surface area contributed by atoms with Crippen LogP contribution in [0.1, 0.15) is 45.6 Å². The molecule has 1 aliphatic carbocycles. The van der Waals surface area contributed by atoms with E-state index < -0.39 is 8.07 Å².